The minimum absolute atomic E-state index is 0.0443. The van der Waals surface area contributed by atoms with E-state index in [0.717, 1.165) is 11.1 Å². The first-order valence-electron chi connectivity index (χ1n) is 6.09. The van der Waals surface area contributed by atoms with Gasteiger partial charge in [0.25, 0.3) is 0 Å². The van der Waals surface area contributed by atoms with Gasteiger partial charge < -0.3 is 9.64 Å². The van der Waals surface area contributed by atoms with Crippen LogP contribution in [0.25, 0.3) is 0 Å². The van der Waals surface area contributed by atoms with E-state index in [1.165, 1.54) is 0 Å². The molecule has 0 aliphatic heterocycles. The topological polar surface area (TPSA) is 58.2 Å². The monoisotopic (exact) mass is 259 g/mol. The molecule has 1 aromatic carbocycles. The van der Waals surface area contributed by atoms with Crippen molar-refractivity contribution in [2.24, 2.45) is 0 Å². The third-order valence-corrected chi connectivity index (χ3v) is 2.74. The minimum Gasteiger partial charge on any atom is -0.367 e. The molecular weight excluding hydrogens is 242 g/mol. The first kappa shape index (κ1) is 13.3. The molecular formula is C14H17N3O2. The second-order valence-electron chi connectivity index (χ2n) is 4.33. The number of hydrogen-bond acceptors (Lipinski definition) is 3. The predicted octanol–water partition coefficient (Wildman–Crippen LogP) is 1.58. The van der Waals surface area contributed by atoms with Crippen LogP contribution in [0.3, 0.4) is 0 Å². The number of likely N-dealkylation sites (N-methyl/N-ethyl adjacent to an activating group) is 1. The molecule has 0 atom stereocenters. The lowest BCUT2D eigenvalue weighted by atomic mass is 10.2. The Kier molecular flexibility index (Phi) is 4.69. The van der Waals surface area contributed by atoms with Gasteiger partial charge in [0.2, 0.25) is 5.91 Å². The second-order valence-corrected chi connectivity index (χ2v) is 4.33. The summed E-state index contributed by atoms with van der Waals surface area (Å²) >= 11 is 0. The average Bonchev–Trinajstić information content (AvgIpc) is 2.92. The zero-order valence-corrected chi connectivity index (χ0v) is 10.9. The molecule has 2 aromatic rings. The van der Waals surface area contributed by atoms with E-state index in [-0.39, 0.29) is 12.5 Å². The molecule has 0 unspecified atom stereocenters. The molecule has 1 N–H and O–H groups in total. The normalized spacial score (nSPS) is 10.4. The van der Waals surface area contributed by atoms with Crippen molar-refractivity contribution in [1.82, 2.24) is 15.1 Å². The van der Waals surface area contributed by atoms with E-state index in [1.807, 2.05) is 30.3 Å². The number of carbonyl (C=O) groups excluding carboxylic acids is 1. The molecule has 1 amide bonds. The van der Waals surface area contributed by atoms with Crippen molar-refractivity contribution >= 4 is 5.91 Å². The minimum atomic E-state index is -0.0443. The van der Waals surface area contributed by atoms with Crippen molar-refractivity contribution in [1.29, 1.82) is 0 Å². The zero-order valence-electron chi connectivity index (χ0n) is 10.9. The molecule has 100 valence electrons. The van der Waals surface area contributed by atoms with Gasteiger partial charge in [-0.15, -0.1) is 0 Å². The van der Waals surface area contributed by atoms with Gasteiger partial charge in [-0.2, -0.15) is 5.10 Å². The Labute approximate surface area is 112 Å². The number of carbonyl (C=O) groups is 1. The average molecular weight is 259 g/mol. The molecule has 2 rings (SSSR count). The van der Waals surface area contributed by atoms with Gasteiger partial charge in [0.05, 0.1) is 12.8 Å². The summed E-state index contributed by atoms with van der Waals surface area (Å²) in [4.78, 5) is 13.5. The van der Waals surface area contributed by atoms with Crippen molar-refractivity contribution in [3.63, 3.8) is 0 Å². The fourth-order valence-electron chi connectivity index (χ4n) is 1.67. The molecule has 0 saturated heterocycles. The molecule has 5 heteroatoms. The van der Waals surface area contributed by atoms with E-state index in [1.54, 1.807) is 24.3 Å². The summed E-state index contributed by atoms with van der Waals surface area (Å²) in [6.07, 6.45) is 3.48. The van der Waals surface area contributed by atoms with E-state index in [4.69, 9.17) is 4.74 Å². The van der Waals surface area contributed by atoms with E-state index in [2.05, 4.69) is 10.2 Å². The number of rotatable bonds is 6. The summed E-state index contributed by atoms with van der Waals surface area (Å²) in [6, 6.07) is 9.80. The molecule has 5 nitrogen and oxygen atoms in total. The highest BCUT2D eigenvalue weighted by Crippen LogP contribution is 2.02. The maximum absolute atomic E-state index is 11.8. The highest BCUT2D eigenvalue weighted by molar-refractivity contribution is 5.77. The predicted molar refractivity (Wildman–Crippen MR) is 71.2 cm³/mol. The lowest BCUT2D eigenvalue weighted by molar-refractivity contribution is -0.135. The third-order valence-electron chi connectivity index (χ3n) is 2.74. The standard InChI is InChI=1S/C14H17N3O2/c1-17(9-13-7-15-16-8-13)14(18)11-19-10-12-5-3-2-4-6-12/h2-8H,9-11H2,1H3,(H,15,16). The second kappa shape index (κ2) is 6.70. The van der Waals surface area contributed by atoms with Crippen molar-refractivity contribution in [3.05, 3.63) is 53.9 Å². The molecule has 1 heterocycles. The molecule has 0 fully saturated rings. The molecule has 0 radical (unpaired) electrons. The number of aromatic amines is 1. The summed E-state index contributed by atoms with van der Waals surface area (Å²) < 4.78 is 5.41. The van der Waals surface area contributed by atoms with Gasteiger partial charge in [0.1, 0.15) is 6.61 Å². The van der Waals surface area contributed by atoms with Gasteiger partial charge in [-0.1, -0.05) is 30.3 Å². The van der Waals surface area contributed by atoms with Crippen LogP contribution in [0.1, 0.15) is 11.1 Å². The quantitative estimate of drug-likeness (QED) is 0.857. The lowest BCUT2D eigenvalue weighted by Crippen LogP contribution is -2.29. The molecule has 0 aliphatic rings. The van der Waals surface area contributed by atoms with Gasteiger partial charge in [-0.25, -0.2) is 0 Å². The summed E-state index contributed by atoms with van der Waals surface area (Å²) in [5.74, 6) is -0.0443. The maximum Gasteiger partial charge on any atom is 0.248 e. The smallest absolute Gasteiger partial charge is 0.248 e. The SMILES string of the molecule is CN(Cc1cn[nH]c1)C(=O)COCc1ccccc1. The van der Waals surface area contributed by atoms with Crippen molar-refractivity contribution in [3.8, 4) is 0 Å². The fraction of sp³-hybridized carbons (Fsp3) is 0.286. The highest BCUT2D eigenvalue weighted by atomic mass is 16.5. The highest BCUT2D eigenvalue weighted by Gasteiger charge is 2.09. The van der Waals surface area contributed by atoms with Crippen LogP contribution in [0, 0.1) is 0 Å². The van der Waals surface area contributed by atoms with Gasteiger partial charge in [0.15, 0.2) is 0 Å². The van der Waals surface area contributed by atoms with Gasteiger partial charge in [-0.05, 0) is 5.56 Å². The number of nitrogens with one attached hydrogen (secondary N) is 1. The first-order chi connectivity index (χ1) is 9.25. The molecule has 0 spiro atoms. The van der Waals surface area contributed by atoms with E-state index in [0.29, 0.717) is 13.2 Å². The fourth-order valence-corrected chi connectivity index (χ4v) is 1.67. The number of hydrogen-bond donors (Lipinski definition) is 1. The van der Waals surface area contributed by atoms with Crippen molar-refractivity contribution in [2.75, 3.05) is 13.7 Å². The molecule has 19 heavy (non-hydrogen) atoms. The van der Waals surface area contributed by atoms with Crippen LogP contribution in [-0.2, 0) is 22.7 Å². The summed E-state index contributed by atoms with van der Waals surface area (Å²) in [6.45, 7) is 1.07. The number of aromatic nitrogens is 2. The lowest BCUT2D eigenvalue weighted by Gasteiger charge is -2.16. The summed E-state index contributed by atoms with van der Waals surface area (Å²) in [7, 11) is 1.75. The Morgan fingerprint density at radius 2 is 2.11 bits per heavy atom. The van der Waals surface area contributed by atoms with Crippen LogP contribution in [0.2, 0.25) is 0 Å². The number of amides is 1. The maximum atomic E-state index is 11.8. The van der Waals surface area contributed by atoms with E-state index in [9.17, 15) is 4.79 Å². The van der Waals surface area contributed by atoms with Crippen molar-refractivity contribution < 1.29 is 9.53 Å². The van der Waals surface area contributed by atoms with Gasteiger partial charge in [0, 0.05) is 25.4 Å². The van der Waals surface area contributed by atoms with E-state index < -0.39 is 0 Å². The number of H-pyrrole nitrogens is 1. The number of ether oxygens (including phenoxy) is 1. The van der Waals surface area contributed by atoms with Gasteiger partial charge >= 0.3 is 0 Å². The van der Waals surface area contributed by atoms with Crippen LogP contribution >= 0.6 is 0 Å². The van der Waals surface area contributed by atoms with Crippen LogP contribution in [-0.4, -0.2) is 34.7 Å². The molecule has 0 aliphatic carbocycles. The summed E-state index contributed by atoms with van der Waals surface area (Å²) in [5, 5.41) is 6.56. The number of benzene rings is 1. The third kappa shape index (κ3) is 4.22. The van der Waals surface area contributed by atoms with Crippen LogP contribution in [0.5, 0.6) is 0 Å². The Balaban J connectivity index is 1.72. The molecule has 1 aromatic heterocycles. The Morgan fingerprint density at radius 3 is 2.79 bits per heavy atom. The number of nitrogens with zero attached hydrogens (tertiary/aromatic N) is 2. The largest absolute Gasteiger partial charge is 0.367 e. The Hall–Kier alpha value is -2.14. The Bertz CT molecular complexity index is 497. The van der Waals surface area contributed by atoms with Crippen molar-refractivity contribution in [2.45, 2.75) is 13.2 Å². The molecule has 0 bridgehead atoms. The van der Waals surface area contributed by atoms with Crippen LogP contribution in [0.4, 0.5) is 0 Å². The van der Waals surface area contributed by atoms with Crippen LogP contribution < -0.4 is 0 Å². The first-order valence-corrected chi connectivity index (χ1v) is 6.09. The molecule has 0 saturated carbocycles. The van der Waals surface area contributed by atoms with E-state index >= 15 is 0 Å². The Morgan fingerprint density at radius 1 is 1.32 bits per heavy atom. The zero-order chi connectivity index (χ0) is 13.5. The summed E-state index contributed by atoms with van der Waals surface area (Å²) in [5.41, 5.74) is 2.03. The van der Waals surface area contributed by atoms with Gasteiger partial charge in [-0.3, -0.25) is 9.89 Å². The van der Waals surface area contributed by atoms with Crippen LogP contribution in [0.15, 0.2) is 42.7 Å².